The lowest BCUT2D eigenvalue weighted by atomic mass is 10.1. The molecule has 0 spiro atoms. The van der Waals surface area contributed by atoms with Gasteiger partial charge in [0.15, 0.2) is 11.7 Å². The number of benzene rings is 1. The van der Waals surface area contributed by atoms with Gasteiger partial charge in [-0.2, -0.15) is 0 Å². The van der Waals surface area contributed by atoms with E-state index in [0.717, 1.165) is 11.3 Å². The van der Waals surface area contributed by atoms with Gasteiger partial charge in [0.25, 0.3) is 5.91 Å². The molecule has 0 saturated heterocycles. The molecule has 22 heavy (non-hydrogen) atoms. The van der Waals surface area contributed by atoms with Gasteiger partial charge in [0.1, 0.15) is 0 Å². The third-order valence-electron chi connectivity index (χ3n) is 2.92. The van der Waals surface area contributed by atoms with Gasteiger partial charge in [-0.1, -0.05) is 36.8 Å². The normalized spacial score (nSPS) is 10.3. The van der Waals surface area contributed by atoms with E-state index in [-0.39, 0.29) is 18.5 Å². The van der Waals surface area contributed by atoms with Gasteiger partial charge in [-0.3, -0.25) is 14.9 Å². The van der Waals surface area contributed by atoms with E-state index in [0.29, 0.717) is 18.0 Å². The van der Waals surface area contributed by atoms with Crippen LogP contribution in [0.1, 0.15) is 25.3 Å². The van der Waals surface area contributed by atoms with Gasteiger partial charge in [0.05, 0.1) is 5.69 Å². The van der Waals surface area contributed by atoms with Crippen LogP contribution in [0.4, 0.5) is 5.13 Å². The molecule has 0 aliphatic rings. The van der Waals surface area contributed by atoms with E-state index in [4.69, 9.17) is 4.74 Å². The largest absolute Gasteiger partial charge is 0.456 e. The molecule has 2 rings (SSSR count). The Bertz CT molecular complexity index is 650. The summed E-state index contributed by atoms with van der Waals surface area (Å²) >= 11 is 1.34. The Labute approximate surface area is 133 Å². The zero-order valence-corrected chi connectivity index (χ0v) is 13.4. The predicted molar refractivity (Wildman–Crippen MR) is 86.8 cm³/mol. The maximum absolute atomic E-state index is 11.7. The number of aryl methyl sites for hydroxylation is 1. The highest BCUT2D eigenvalue weighted by molar-refractivity contribution is 7.14. The van der Waals surface area contributed by atoms with E-state index in [1.807, 2.05) is 43.5 Å². The number of carbonyl (C=O) groups is 2. The van der Waals surface area contributed by atoms with Crippen LogP contribution in [0.3, 0.4) is 0 Å². The van der Waals surface area contributed by atoms with E-state index in [1.54, 1.807) is 0 Å². The molecule has 1 amide bonds. The van der Waals surface area contributed by atoms with Crippen molar-refractivity contribution in [3.05, 3.63) is 35.2 Å². The van der Waals surface area contributed by atoms with Gasteiger partial charge < -0.3 is 4.74 Å². The van der Waals surface area contributed by atoms with Gasteiger partial charge in [-0.15, -0.1) is 11.3 Å². The molecule has 0 atom stereocenters. The van der Waals surface area contributed by atoms with Crippen LogP contribution in [-0.4, -0.2) is 23.5 Å². The Morgan fingerprint density at radius 3 is 2.68 bits per heavy atom. The molecule has 1 N–H and O–H groups in total. The van der Waals surface area contributed by atoms with Crippen LogP contribution < -0.4 is 5.32 Å². The van der Waals surface area contributed by atoms with Crippen LogP contribution in [0.15, 0.2) is 29.6 Å². The zero-order chi connectivity index (χ0) is 15.9. The second-order valence-corrected chi connectivity index (χ2v) is 5.72. The minimum Gasteiger partial charge on any atom is -0.456 e. The van der Waals surface area contributed by atoms with Crippen molar-refractivity contribution >= 4 is 28.3 Å². The first kappa shape index (κ1) is 16.2. The Kier molecular flexibility index (Phi) is 5.66. The van der Waals surface area contributed by atoms with Crippen molar-refractivity contribution < 1.29 is 14.3 Å². The lowest BCUT2D eigenvalue weighted by Gasteiger charge is -2.03. The van der Waals surface area contributed by atoms with Crippen molar-refractivity contribution in [2.75, 3.05) is 11.9 Å². The third-order valence-corrected chi connectivity index (χ3v) is 3.67. The molecule has 0 bridgehead atoms. The number of aromatic nitrogens is 1. The standard InChI is InChI=1S/C16H18N2O3S/c1-3-4-15(20)21-9-14(19)18-16-17-13(10-22-16)12-7-5-11(2)6-8-12/h5-8,10H,3-4,9H2,1-2H3,(H,17,18,19). The highest BCUT2D eigenvalue weighted by Gasteiger charge is 2.10. The van der Waals surface area contributed by atoms with Crippen molar-refractivity contribution in [2.45, 2.75) is 26.7 Å². The van der Waals surface area contributed by atoms with E-state index in [1.165, 1.54) is 16.9 Å². The Balaban J connectivity index is 1.90. The van der Waals surface area contributed by atoms with E-state index in [2.05, 4.69) is 10.3 Å². The summed E-state index contributed by atoms with van der Waals surface area (Å²) in [4.78, 5) is 27.3. The molecular formula is C16H18N2O3S. The quantitative estimate of drug-likeness (QED) is 0.829. The van der Waals surface area contributed by atoms with Crippen LogP contribution in [0.5, 0.6) is 0 Å². The maximum Gasteiger partial charge on any atom is 0.306 e. The average molecular weight is 318 g/mol. The number of esters is 1. The number of amides is 1. The van der Waals surface area contributed by atoms with Crippen LogP contribution >= 0.6 is 11.3 Å². The molecule has 0 fully saturated rings. The molecule has 0 radical (unpaired) electrons. The predicted octanol–water partition coefficient (Wildman–Crippen LogP) is 3.40. The summed E-state index contributed by atoms with van der Waals surface area (Å²) in [7, 11) is 0. The fourth-order valence-electron chi connectivity index (χ4n) is 1.77. The molecular weight excluding hydrogens is 300 g/mol. The number of nitrogens with one attached hydrogen (secondary N) is 1. The molecule has 0 unspecified atom stereocenters. The Morgan fingerprint density at radius 2 is 2.00 bits per heavy atom. The number of rotatable bonds is 6. The smallest absolute Gasteiger partial charge is 0.306 e. The first-order valence-corrected chi connectivity index (χ1v) is 7.94. The van der Waals surface area contributed by atoms with Crippen molar-refractivity contribution in [3.8, 4) is 11.3 Å². The summed E-state index contributed by atoms with van der Waals surface area (Å²) in [6, 6.07) is 8.01. The van der Waals surface area contributed by atoms with Crippen LogP contribution in [0.2, 0.25) is 0 Å². The monoisotopic (exact) mass is 318 g/mol. The molecule has 6 heteroatoms. The van der Waals surface area contributed by atoms with Crippen LogP contribution in [0, 0.1) is 6.92 Å². The van der Waals surface area contributed by atoms with E-state index >= 15 is 0 Å². The van der Waals surface area contributed by atoms with Crippen LogP contribution in [0.25, 0.3) is 11.3 Å². The van der Waals surface area contributed by atoms with Crippen molar-refractivity contribution in [2.24, 2.45) is 0 Å². The molecule has 0 aliphatic carbocycles. The number of hydrogen-bond donors (Lipinski definition) is 1. The number of carbonyl (C=O) groups excluding carboxylic acids is 2. The summed E-state index contributed by atoms with van der Waals surface area (Å²) in [5, 5.41) is 5.00. The number of nitrogens with zero attached hydrogens (tertiary/aromatic N) is 1. The molecule has 2 aromatic rings. The molecule has 0 saturated carbocycles. The average Bonchev–Trinajstić information content (AvgIpc) is 2.95. The summed E-state index contributed by atoms with van der Waals surface area (Å²) in [6.07, 6.45) is 1.02. The second kappa shape index (κ2) is 7.70. The molecule has 0 aliphatic heterocycles. The summed E-state index contributed by atoms with van der Waals surface area (Å²) in [5.74, 6) is -0.744. The highest BCUT2D eigenvalue weighted by Crippen LogP contribution is 2.25. The number of anilines is 1. The molecule has 1 aromatic heterocycles. The topological polar surface area (TPSA) is 68.3 Å². The molecule has 1 aromatic carbocycles. The second-order valence-electron chi connectivity index (χ2n) is 4.86. The van der Waals surface area contributed by atoms with Crippen molar-refractivity contribution in [1.29, 1.82) is 0 Å². The van der Waals surface area contributed by atoms with E-state index < -0.39 is 0 Å². The number of ether oxygens (including phenoxy) is 1. The Hall–Kier alpha value is -2.21. The fraction of sp³-hybridized carbons (Fsp3) is 0.312. The van der Waals surface area contributed by atoms with Crippen molar-refractivity contribution in [1.82, 2.24) is 4.98 Å². The first-order chi connectivity index (χ1) is 10.6. The van der Waals surface area contributed by atoms with Gasteiger partial charge in [-0.25, -0.2) is 4.98 Å². The van der Waals surface area contributed by atoms with Gasteiger partial charge in [0.2, 0.25) is 0 Å². The van der Waals surface area contributed by atoms with Crippen LogP contribution in [-0.2, 0) is 14.3 Å². The van der Waals surface area contributed by atoms with Crippen molar-refractivity contribution in [3.63, 3.8) is 0 Å². The van der Waals surface area contributed by atoms with Gasteiger partial charge >= 0.3 is 5.97 Å². The lowest BCUT2D eigenvalue weighted by molar-refractivity contribution is -0.147. The highest BCUT2D eigenvalue weighted by atomic mass is 32.1. The molecule has 1 heterocycles. The summed E-state index contributed by atoms with van der Waals surface area (Å²) in [6.45, 7) is 3.62. The number of hydrogen-bond acceptors (Lipinski definition) is 5. The van der Waals surface area contributed by atoms with Gasteiger partial charge in [-0.05, 0) is 13.3 Å². The fourth-order valence-corrected chi connectivity index (χ4v) is 2.50. The first-order valence-electron chi connectivity index (χ1n) is 7.06. The minimum absolute atomic E-state index is 0.279. The minimum atomic E-state index is -0.380. The zero-order valence-electron chi connectivity index (χ0n) is 12.6. The Morgan fingerprint density at radius 1 is 1.27 bits per heavy atom. The molecule has 5 nitrogen and oxygen atoms in total. The maximum atomic E-state index is 11.7. The van der Waals surface area contributed by atoms with E-state index in [9.17, 15) is 9.59 Å². The summed E-state index contributed by atoms with van der Waals surface area (Å²) in [5.41, 5.74) is 2.99. The lowest BCUT2D eigenvalue weighted by Crippen LogP contribution is -2.20. The summed E-state index contributed by atoms with van der Waals surface area (Å²) < 4.78 is 4.85. The molecule has 116 valence electrons. The third kappa shape index (κ3) is 4.66. The SMILES string of the molecule is CCCC(=O)OCC(=O)Nc1nc(-c2ccc(C)cc2)cs1. The number of thiazole rings is 1. The van der Waals surface area contributed by atoms with Gasteiger partial charge in [0, 0.05) is 17.4 Å².